The van der Waals surface area contributed by atoms with Gasteiger partial charge in [0.1, 0.15) is 9.77 Å². The number of ether oxygens (including phenoxy) is 1. The second-order valence-corrected chi connectivity index (χ2v) is 12.3. The first kappa shape index (κ1) is 20.5. The predicted octanol–water partition coefficient (Wildman–Crippen LogP) is 2.58. The summed E-state index contributed by atoms with van der Waals surface area (Å²) in [6.45, 7) is 1.35. The van der Waals surface area contributed by atoms with Gasteiger partial charge in [-0.3, -0.25) is 4.79 Å². The van der Waals surface area contributed by atoms with Crippen LogP contribution in [0.25, 0.3) is 0 Å². The molecule has 1 aromatic heterocycles. The number of hydrogen-bond acceptors (Lipinski definition) is 6. The van der Waals surface area contributed by atoms with Crippen molar-refractivity contribution in [3.8, 4) is 0 Å². The number of carbonyl (C=O) groups excluding carboxylic acids is 2. The molecule has 4 saturated carbocycles. The van der Waals surface area contributed by atoms with E-state index in [0.29, 0.717) is 30.8 Å². The van der Waals surface area contributed by atoms with Gasteiger partial charge < -0.3 is 9.64 Å². The van der Waals surface area contributed by atoms with Gasteiger partial charge in [0.2, 0.25) is 15.9 Å². The van der Waals surface area contributed by atoms with Crippen LogP contribution in [0.2, 0.25) is 0 Å². The number of thiophene rings is 1. The van der Waals surface area contributed by atoms with Gasteiger partial charge in [0.25, 0.3) is 0 Å². The minimum Gasteiger partial charge on any atom is -0.465 e. The summed E-state index contributed by atoms with van der Waals surface area (Å²) in [4.78, 5) is 27.4. The van der Waals surface area contributed by atoms with Gasteiger partial charge in [-0.1, -0.05) is 0 Å². The number of rotatable bonds is 4. The maximum atomic E-state index is 13.5. The fourth-order valence-corrected chi connectivity index (χ4v) is 9.45. The van der Waals surface area contributed by atoms with Crippen LogP contribution in [-0.4, -0.2) is 62.8 Å². The Morgan fingerprint density at radius 3 is 2.13 bits per heavy atom. The average molecular weight is 453 g/mol. The fraction of sp³-hybridized carbons (Fsp3) is 0.714. The van der Waals surface area contributed by atoms with E-state index in [1.807, 2.05) is 4.90 Å². The largest absolute Gasteiger partial charge is 0.465 e. The SMILES string of the molecule is COC(=O)c1sccc1S(=O)(=O)N1CCN(C(=O)C23CC4CC(CC(C4)C2)C3)CC1. The first-order chi connectivity index (χ1) is 14.3. The Labute approximate surface area is 181 Å². The summed E-state index contributed by atoms with van der Waals surface area (Å²) in [5.41, 5.74) is -0.193. The van der Waals surface area contributed by atoms with Gasteiger partial charge in [-0.05, 0) is 67.7 Å². The van der Waals surface area contributed by atoms with E-state index in [0.717, 1.165) is 30.6 Å². The van der Waals surface area contributed by atoms with Crippen molar-refractivity contribution in [3.63, 3.8) is 0 Å². The Balaban J connectivity index is 1.28. The summed E-state index contributed by atoms with van der Waals surface area (Å²) in [7, 11) is -2.55. The molecule has 2 heterocycles. The molecule has 0 radical (unpaired) electrons. The zero-order valence-electron chi connectivity index (χ0n) is 17.2. The number of methoxy groups -OCH3 is 1. The third kappa shape index (κ3) is 3.20. The molecule has 164 valence electrons. The van der Waals surface area contributed by atoms with Crippen LogP contribution in [0.1, 0.15) is 48.2 Å². The van der Waals surface area contributed by atoms with Gasteiger partial charge >= 0.3 is 5.97 Å². The fourth-order valence-electron chi connectivity index (χ4n) is 6.72. The van der Waals surface area contributed by atoms with E-state index in [1.165, 1.54) is 36.7 Å². The number of amides is 1. The van der Waals surface area contributed by atoms with Gasteiger partial charge in [-0.2, -0.15) is 4.31 Å². The molecule has 30 heavy (non-hydrogen) atoms. The zero-order valence-corrected chi connectivity index (χ0v) is 18.8. The minimum absolute atomic E-state index is 0.000195. The number of esters is 1. The molecule has 1 amide bonds. The smallest absolute Gasteiger partial charge is 0.349 e. The van der Waals surface area contributed by atoms with Crippen molar-refractivity contribution in [1.82, 2.24) is 9.21 Å². The van der Waals surface area contributed by atoms with E-state index in [-0.39, 0.29) is 34.2 Å². The first-order valence-corrected chi connectivity index (χ1v) is 13.1. The van der Waals surface area contributed by atoms with Gasteiger partial charge in [0, 0.05) is 26.2 Å². The Kier molecular flexibility index (Phi) is 4.98. The quantitative estimate of drug-likeness (QED) is 0.656. The molecular formula is C21H28N2O5S2. The summed E-state index contributed by atoms with van der Waals surface area (Å²) < 4.78 is 32.3. The second kappa shape index (κ2) is 7.31. The maximum absolute atomic E-state index is 13.5. The van der Waals surface area contributed by atoms with Crippen LogP contribution >= 0.6 is 11.3 Å². The van der Waals surface area contributed by atoms with E-state index in [1.54, 1.807) is 5.38 Å². The molecule has 0 spiro atoms. The lowest BCUT2D eigenvalue weighted by molar-refractivity contribution is -0.158. The van der Waals surface area contributed by atoms with Crippen molar-refractivity contribution < 1.29 is 22.7 Å². The predicted molar refractivity (Wildman–Crippen MR) is 112 cm³/mol. The lowest BCUT2D eigenvalue weighted by Gasteiger charge is -2.57. The summed E-state index contributed by atoms with van der Waals surface area (Å²) in [6, 6.07) is 1.46. The molecule has 9 heteroatoms. The van der Waals surface area contributed by atoms with E-state index >= 15 is 0 Å². The van der Waals surface area contributed by atoms with E-state index in [2.05, 4.69) is 0 Å². The molecular weight excluding hydrogens is 424 g/mol. The van der Waals surface area contributed by atoms with Crippen molar-refractivity contribution in [2.45, 2.75) is 43.4 Å². The number of hydrogen-bond donors (Lipinski definition) is 0. The average Bonchev–Trinajstić information content (AvgIpc) is 3.23. The highest BCUT2D eigenvalue weighted by molar-refractivity contribution is 7.89. The molecule has 0 N–H and O–H groups in total. The van der Waals surface area contributed by atoms with Crippen LogP contribution in [0.5, 0.6) is 0 Å². The highest BCUT2D eigenvalue weighted by Crippen LogP contribution is 2.60. The minimum atomic E-state index is -3.79. The van der Waals surface area contributed by atoms with Gasteiger partial charge in [-0.25, -0.2) is 13.2 Å². The van der Waals surface area contributed by atoms with Crippen molar-refractivity contribution in [2.24, 2.45) is 23.2 Å². The molecule has 0 aromatic carbocycles. The van der Waals surface area contributed by atoms with Crippen LogP contribution in [-0.2, 0) is 19.6 Å². The van der Waals surface area contributed by atoms with Crippen molar-refractivity contribution in [2.75, 3.05) is 33.3 Å². The molecule has 0 atom stereocenters. The second-order valence-electron chi connectivity index (χ2n) is 9.50. The number of carbonyl (C=O) groups is 2. The summed E-state index contributed by atoms with van der Waals surface area (Å²) in [5.74, 6) is 1.73. The van der Waals surface area contributed by atoms with Crippen molar-refractivity contribution in [3.05, 3.63) is 16.3 Å². The lowest BCUT2D eigenvalue weighted by atomic mass is 9.49. The monoisotopic (exact) mass is 452 g/mol. The van der Waals surface area contributed by atoms with Crippen LogP contribution in [0, 0.1) is 23.2 Å². The highest BCUT2D eigenvalue weighted by atomic mass is 32.2. The van der Waals surface area contributed by atoms with Crippen LogP contribution in [0.15, 0.2) is 16.3 Å². The summed E-state index contributed by atoms with van der Waals surface area (Å²) >= 11 is 1.07. The summed E-state index contributed by atoms with van der Waals surface area (Å²) in [5, 5.41) is 1.59. The van der Waals surface area contributed by atoms with Gasteiger partial charge in [-0.15, -0.1) is 11.3 Å². The molecule has 5 aliphatic rings. The Morgan fingerprint density at radius 2 is 1.60 bits per heavy atom. The van der Waals surface area contributed by atoms with Crippen LogP contribution < -0.4 is 0 Å². The topological polar surface area (TPSA) is 84.0 Å². The molecule has 4 aliphatic carbocycles. The van der Waals surface area contributed by atoms with Crippen LogP contribution in [0.3, 0.4) is 0 Å². The molecule has 5 fully saturated rings. The zero-order chi connectivity index (χ0) is 21.1. The molecule has 6 rings (SSSR count). The van der Waals surface area contributed by atoms with Gasteiger partial charge in [0.05, 0.1) is 12.5 Å². The van der Waals surface area contributed by atoms with Crippen molar-refractivity contribution in [1.29, 1.82) is 0 Å². The Morgan fingerprint density at radius 1 is 1.03 bits per heavy atom. The first-order valence-electron chi connectivity index (χ1n) is 10.8. The van der Waals surface area contributed by atoms with Crippen molar-refractivity contribution >= 4 is 33.2 Å². The lowest BCUT2D eigenvalue weighted by Crippen LogP contribution is -2.58. The molecule has 7 nitrogen and oxygen atoms in total. The third-order valence-corrected chi connectivity index (χ3v) is 10.6. The number of nitrogens with zero attached hydrogens (tertiary/aromatic N) is 2. The Bertz CT molecular complexity index is 927. The maximum Gasteiger partial charge on any atom is 0.349 e. The molecule has 0 unspecified atom stereocenters. The number of sulfonamides is 1. The molecule has 1 aliphatic heterocycles. The molecule has 1 aromatic rings. The molecule has 4 bridgehead atoms. The normalized spacial score (nSPS) is 33.6. The highest BCUT2D eigenvalue weighted by Gasteiger charge is 2.55. The van der Waals surface area contributed by atoms with E-state index < -0.39 is 16.0 Å². The Hall–Kier alpha value is -1.45. The van der Waals surface area contributed by atoms with E-state index in [9.17, 15) is 18.0 Å². The third-order valence-electron chi connectivity index (χ3n) is 7.64. The molecule has 1 saturated heterocycles. The standard InChI is InChI=1S/C21H28N2O5S2/c1-28-19(24)18-17(2-7-29-18)30(26,27)23-5-3-22(4-6-23)20(25)21-11-14-8-15(12-21)10-16(9-14)13-21/h2,7,14-16H,3-6,8-13H2,1H3. The summed E-state index contributed by atoms with van der Waals surface area (Å²) in [6.07, 6.45) is 6.94. The van der Waals surface area contributed by atoms with Gasteiger partial charge in [0.15, 0.2) is 0 Å². The van der Waals surface area contributed by atoms with Crippen LogP contribution in [0.4, 0.5) is 0 Å². The number of piperazine rings is 1. The van der Waals surface area contributed by atoms with E-state index in [4.69, 9.17) is 4.74 Å².